The van der Waals surface area contributed by atoms with Crippen LogP contribution in [0.5, 0.6) is 5.75 Å². The van der Waals surface area contributed by atoms with E-state index >= 15 is 0 Å². The van der Waals surface area contributed by atoms with Crippen molar-refractivity contribution in [1.29, 1.82) is 0 Å². The normalized spacial score (nSPS) is 19.7. The molecule has 1 heterocycles. The summed E-state index contributed by atoms with van der Waals surface area (Å²) in [7, 11) is 0. The second-order valence-corrected chi connectivity index (χ2v) is 5.62. The number of rotatable bonds is 4. The van der Waals surface area contributed by atoms with Crippen molar-refractivity contribution in [2.75, 3.05) is 6.61 Å². The highest BCUT2D eigenvalue weighted by molar-refractivity contribution is 5.85. The zero-order chi connectivity index (χ0) is 15.4. The van der Waals surface area contributed by atoms with Gasteiger partial charge in [-0.2, -0.15) is 0 Å². The fraction of sp³-hybridized carbons (Fsp3) is 0.562. The molecule has 3 N–H and O–H groups in total. The molecule has 1 aliphatic rings. The quantitative estimate of drug-likeness (QED) is 0.892. The number of nitrogens with one attached hydrogen (secondary N) is 1. The molecule has 2 rings (SSSR count). The number of carbonyl (C=O) groups is 1. The smallest absolute Gasteiger partial charge is 0.237 e. The molecule has 1 aliphatic heterocycles. The van der Waals surface area contributed by atoms with Gasteiger partial charge in [0.1, 0.15) is 0 Å². The summed E-state index contributed by atoms with van der Waals surface area (Å²) in [4.78, 5) is 12.2. The maximum absolute atomic E-state index is 13.8. The lowest BCUT2D eigenvalue weighted by Crippen LogP contribution is -2.45. The lowest BCUT2D eigenvalue weighted by molar-refractivity contribution is -0.124. The Labute approximate surface area is 137 Å². The molecule has 124 valence electrons. The second-order valence-electron chi connectivity index (χ2n) is 5.62. The molecule has 1 aromatic carbocycles. The van der Waals surface area contributed by atoms with Gasteiger partial charge in [0.2, 0.25) is 5.91 Å². The second kappa shape index (κ2) is 8.34. The van der Waals surface area contributed by atoms with Crippen molar-refractivity contribution in [1.82, 2.24) is 5.32 Å². The fourth-order valence-corrected chi connectivity index (χ4v) is 2.50. The number of para-hydroxylation sites is 1. The molecule has 4 nitrogen and oxygen atoms in total. The highest BCUT2D eigenvalue weighted by atomic mass is 35.5. The number of fused-ring (bicyclic) bond motifs is 1. The number of ether oxygens (including phenoxy) is 1. The number of carbonyl (C=O) groups excluding carboxylic acids is 1. The predicted molar refractivity (Wildman–Crippen MR) is 86.7 cm³/mol. The first-order chi connectivity index (χ1) is 10.0. The van der Waals surface area contributed by atoms with Gasteiger partial charge in [0.05, 0.1) is 18.7 Å². The van der Waals surface area contributed by atoms with E-state index in [0.29, 0.717) is 12.2 Å². The zero-order valence-electron chi connectivity index (χ0n) is 13.0. The van der Waals surface area contributed by atoms with E-state index in [2.05, 4.69) is 5.32 Å². The monoisotopic (exact) mass is 330 g/mol. The van der Waals surface area contributed by atoms with Gasteiger partial charge in [-0.1, -0.05) is 32.4 Å². The van der Waals surface area contributed by atoms with E-state index in [4.69, 9.17) is 10.5 Å². The molecule has 3 unspecified atom stereocenters. The van der Waals surface area contributed by atoms with Crippen molar-refractivity contribution in [3.05, 3.63) is 29.6 Å². The third-order valence-electron chi connectivity index (χ3n) is 4.13. The Morgan fingerprint density at radius 3 is 2.95 bits per heavy atom. The molecule has 0 saturated heterocycles. The van der Waals surface area contributed by atoms with Crippen molar-refractivity contribution < 1.29 is 13.9 Å². The standard InChI is InChI=1S/C16H23FN2O2.ClH/c1-3-10(2)14(18)16(20)19-13-8-5-9-21-15-11(13)6-4-7-12(15)17;/h4,6-7,10,13-14H,3,5,8-9,18H2,1-2H3,(H,19,20);1H. The molecular weight excluding hydrogens is 307 g/mol. The van der Waals surface area contributed by atoms with Crippen LogP contribution in [0.2, 0.25) is 0 Å². The van der Waals surface area contributed by atoms with Crippen LogP contribution in [0, 0.1) is 11.7 Å². The van der Waals surface area contributed by atoms with Gasteiger partial charge in [-0.25, -0.2) is 4.39 Å². The van der Waals surface area contributed by atoms with Gasteiger partial charge >= 0.3 is 0 Å². The Morgan fingerprint density at radius 2 is 2.27 bits per heavy atom. The van der Waals surface area contributed by atoms with Crippen LogP contribution in [-0.4, -0.2) is 18.6 Å². The molecular formula is C16H24ClFN2O2. The molecule has 1 amide bonds. The highest BCUT2D eigenvalue weighted by Crippen LogP contribution is 2.33. The first-order valence-corrected chi connectivity index (χ1v) is 7.51. The summed E-state index contributed by atoms with van der Waals surface area (Å²) in [5, 5.41) is 2.95. The Bertz CT molecular complexity index is 513. The van der Waals surface area contributed by atoms with Crippen LogP contribution in [0.1, 0.15) is 44.7 Å². The van der Waals surface area contributed by atoms with Gasteiger partial charge in [0.25, 0.3) is 0 Å². The van der Waals surface area contributed by atoms with E-state index < -0.39 is 6.04 Å². The summed E-state index contributed by atoms with van der Waals surface area (Å²) in [5.74, 6) is -0.220. The largest absolute Gasteiger partial charge is 0.490 e. The molecule has 0 aromatic heterocycles. The molecule has 3 atom stereocenters. The Hall–Kier alpha value is -1.33. The Kier molecular flexibility index (Phi) is 7.10. The minimum Gasteiger partial charge on any atom is -0.490 e. The van der Waals surface area contributed by atoms with Crippen LogP contribution >= 0.6 is 12.4 Å². The first kappa shape index (κ1) is 18.7. The van der Waals surface area contributed by atoms with Gasteiger partial charge in [-0.15, -0.1) is 12.4 Å². The average molecular weight is 331 g/mol. The highest BCUT2D eigenvalue weighted by Gasteiger charge is 2.27. The third-order valence-corrected chi connectivity index (χ3v) is 4.13. The first-order valence-electron chi connectivity index (χ1n) is 7.51. The summed E-state index contributed by atoms with van der Waals surface area (Å²) in [5.41, 5.74) is 6.65. The van der Waals surface area contributed by atoms with Crippen LogP contribution in [0.25, 0.3) is 0 Å². The Morgan fingerprint density at radius 1 is 1.55 bits per heavy atom. The van der Waals surface area contributed by atoms with Crippen molar-refractivity contribution in [2.45, 2.75) is 45.2 Å². The van der Waals surface area contributed by atoms with Crippen LogP contribution in [0.3, 0.4) is 0 Å². The molecule has 0 radical (unpaired) electrons. The van der Waals surface area contributed by atoms with Gasteiger partial charge < -0.3 is 15.8 Å². The topological polar surface area (TPSA) is 64.4 Å². The van der Waals surface area contributed by atoms with Crippen molar-refractivity contribution >= 4 is 18.3 Å². The number of nitrogens with two attached hydrogens (primary N) is 1. The molecule has 0 bridgehead atoms. The number of hydrogen-bond donors (Lipinski definition) is 2. The molecule has 0 fully saturated rings. The lowest BCUT2D eigenvalue weighted by atomic mass is 9.97. The fourth-order valence-electron chi connectivity index (χ4n) is 2.50. The van der Waals surface area contributed by atoms with Crippen molar-refractivity contribution in [3.8, 4) is 5.75 Å². The number of benzene rings is 1. The van der Waals surface area contributed by atoms with Crippen molar-refractivity contribution in [3.63, 3.8) is 0 Å². The van der Waals surface area contributed by atoms with E-state index in [1.807, 2.05) is 13.8 Å². The molecule has 22 heavy (non-hydrogen) atoms. The zero-order valence-corrected chi connectivity index (χ0v) is 13.8. The van der Waals surface area contributed by atoms with E-state index in [0.717, 1.165) is 19.3 Å². The number of amides is 1. The van der Waals surface area contributed by atoms with E-state index in [1.165, 1.54) is 6.07 Å². The van der Waals surface area contributed by atoms with Crippen molar-refractivity contribution in [2.24, 2.45) is 11.7 Å². The average Bonchev–Trinajstić information content (AvgIpc) is 2.69. The van der Waals surface area contributed by atoms with E-state index in [9.17, 15) is 9.18 Å². The molecule has 1 aromatic rings. The SMILES string of the molecule is CCC(C)C(N)C(=O)NC1CCCOc2c(F)cccc21.Cl. The number of halogens is 2. The van der Waals surface area contributed by atoms with Gasteiger partial charge in [0.15, 0.2) is 11.6 Å². The summed E-state index contributed by atoms with van der Waals surface area (Å²) < 4.78 is 19.3. The summed E-state index contributed by atoms with van der Waals surface area (Å²) in [6.07, 6.45) is 2.32. The summed E-state index contributed by atoms with van der Waals surface area (Å²) in [6.45, 7) is 4.41. The summed E-state index contributed by atoms with van der Waals surface area (Å²) in [6, 6.07) is 4.01. The van der Waals surface area contributed by atoms with Crippen LogP contribution in [0.15, 0.2) is 18.2 Å². The van der Waals surface area contributed by atoms with Gasteiger partial charge in [0, 0.05) is 5.56 Å². The molecule has 6 heteroatoms. The number of hydrogen-bond acceptors (Lipinski definition) is 3. The minimum absolute atomic E-state index is 0. The molecule has 0 aliphatic carbocycles. The van der Waals surface area contributed by atoms with Gasteiger partial charge in [-0.05, 0) is 24.8 Å². The van der Waals surface area contributed by atoms with E-state index in [1.54, 1.807) is 12.1 Å². The van der Waals surface area contributed by atoms with Crippen LogP contribution in [0.4, 0.5) is 4.39 Å². The van der Waals surface area contributed by atoms with Crippen LogP contribution in [-0.2, 0) is 4.79 Å². The van der Waals surface area contributed by atoms with Gasteiger partial charge in [-0.3, -0.25) is 4.79 Å². The Balaban J connectivity index is 0.00000242. The van der Waals surface area contributed by atoms with E-state index in [-0.39, 0.29) is 41.8 Å². The lowest BCUT2D eigenvalue weighted by Gasteiger charge is -2.23. The minimum atomic E-state index is -0.545. The molecule has 0 spiro atoms. The maximum atomic E-state index is 13.8. The summed E-state index contributed by atoms with van der Waals surface area (Å²) >= 11 is 0. The van der Waals surface area contributed by atoms with Crippen LogP contribution < -0.4 is 15.8 Å². The third kappa shape index (κ3) is 4.11. The maximum Gasteiger partial charge on any atom is 0.237 e. The molecule has 0 saturated carbocycles. The predicted octanol–water partition coefficient (Wildman–Crippen LogP) is 2.95.